The van der Waals surface area contributed by atoms with Crippen LogP contribution >= 0.6 is 0 Å². The molecule has 0 aromatic heterocycles. The molecule has 0 aliphatic heterocycles. The van der Waals surface area contributed by atoms with E-state index in [4.69, 9.17) is 9.84 Å². The van der Waals surface area contributed by atoms with Crippen molar-refractivity contribution in [2.45, 2.75) is 39.7 Å². The maximum Gasteiger partial charge on any atom is 0.303 e. The molecule has 0 aliphatic carbocycles. The van der Waals surface area contributed by atoms with Crippen molar-refractivity contribution in [2.75, 3.05) is 0 Å². The number of hydrogen-bond donors (Lipinski definition) is 1. The molecule has 0 saturated heterocycles. The van der Waals surface area contributed by atoms with Crippen molar-refractivity contribution in [3.05, 3.63) is 29.3 Å². The molecular weight excluding hydrogens is 232 g/mol. The summed E-state index contributed by atoms with van der Waals surface area (Å²) in [4.78, 5) is 22.2. The fourth-order valence-corrected chi connectivity index (χ4v) is 1.65. The van der Waals surface area contributed by atoms with E-state index < -0.39 is 5.97 Å². The van der Waals surface area contributed by atoms with Crippen molar-refractivity contribution in [2.24, 2.45) is 0 Å². The zero-order valence-corrected chi connectivity index (χ0v) is 10.9. The van der Waals surface area contributed by atoms with Gasteiger partial charge in [0.1, 0.15) is 5.75 Å². The van der Waals surface area contributed by atoms with Gasteiger partial charge in [0.2, 0.25) is 0 Å². The average Bonchev–Trinajstić information content (AvgIpc) is 2.25. The lowest BCUT2D eigenvalue weighted by molar-refractivity contribution is -0.136. The molecule has 4 heteroatoms. The maximum absolute atomic E-state index is 11.8. The second-order valence-electron chi connectivity index (χ2n) is 4.46. The van der Waals surface area contributed by atoms with Crippen LogP contribution in [0.15, 0.2) is 18.2 Å². The summed E-state index contributed by atoms with van der Waals surface area (Å²) < 4.78 is 5.52. The molecule has 0 radical (unpaired) electrons. The van der Waals surface area contributed by atoms with Gasteiger partial charge in [-0.05, 0) is 44.5 Å². The van der Waals surface area contributed by atoms with Gasteiger partial charge in [0.15, 0.2) is 5.78 Å². The van der Waals surface area contributed by atoms with Crippen LogP contribution in [-0.4, -0.2) is 23.0 Å². The molecule has 0 fully saturated rings. The van der Waals surface area contributed by atoms with Crippen molar-refractivity contribution in [3.8, 4) is 5.75 Å². The molecule has 0 bridgehead atoms. The molecule has 0 atom stereocenters. The van der Waals surface area contributed by atoms with E-state index in [2.05, 4.69) is 0 Å². The first-order chi connectivity index (χ1) is 8.40. The summed E-state index contributed by atoms with van der Waals surface area (Å²) in [6.45, 7) is 5.68. The summed E-state index contributed by atoms with van der Waals surface area (Å²) in [5.41, 5.74) is 1.37. The Bertz CT molecular complexity index is 449. The summed E-state index contributed by atoms with van der Waals surface area (Å²) in [6.07, 6.45) is -0.0266. The largest absolute Gasteiger partial charge is 0.491 e. The van der Waals surface area contributed by atoms with Crippen molar-refractivity contribution in [3.63, 3.8) is 0 Å². The van der Waals surface area contributed by atoms with Gasteiger partial charge in [-0.25, -0.2) is 0 Å². The molecule has 98 valence electrons. The van der Waals surface area contributed by atoms with Gasteiger partial charge in [0.05, 0.1) is 12.5 Å². The predicted octanol–water partition coefficient (Wildman–Crippen LogP) is 2.83. The first-order valence-corrected chi connectivity index (χ1v) is 5.92. The zero-order valence-electron chi connectivity index (χ0n) is 10.9. The number of carbonyl (C=O) groups excluding carboxylic acids is 1. The van der Waals surface area contributed by atoms with Crippen LogP contribution < -0.4 is 4.74 Å². The summed E-state index contributed by atoms with van der Waals surface area (Å²) in [6, 6.07) is 5.23. The molecule has 0 amide bonds. The van der Waals surface area contributed by atoms with E-state index >= 15 is 0 Å². The van der Waals surface area contributed by atoms with Gasteiger partial charge < -0.3 is 9.84 Å². The first kappa shape index (κ1) is 14.2. The Morgan fingerprint density at radius 1 is 1.28 bits per heavy atom. The van der Waals surface area contributed by atoms with E-state index in [0.717, 1.165) is 11.3 Å². The highest BCUT2D eigenvalue weighted by Gasteiger charge is 2.12. The maximum atomic E-state index is 11.8. The standard InChI is InChI=1S/C14H18O4/c1-9(2)18-11-4-5-12(10(3)8-11)13(15)6-7-14(16)17/h4-5,8-9H,6-7H2,1-3H3,(H,16,17). The Morgan fingerprint density at radius 3 is 2.44 bits per heavy atom. The lowest BCUT2D eigenvalue weighted by Gasteiger charge is -2.11. The minimum atomic E-state index is -0.958. The number of ether oxygens (including phenoxy) is 1. The van der Waals surface area contributed by atoms with Crippen molar-refractivity contribution in [1.82, 2.24) is 0 Å². The van der Waals surface area contributed by atoms with Gasteiger partial charge >= 0.3 is 5.97 Å². The molecule has 4 nitrogen and oxygen atoms in total. The van der Waals surface area contributed by atoms with Crippen molar-refractivity contribution >= 4 is 11.8 Å². The molecular formula is C14H18O4. The van der Waals surface area contributed by atoms with E-state index in [0.29, 0.717) is 5.56 Å². The van der Waals surface area contributed by atoms with Crippen LogP contribution in [0.25, 0.3) is 0 Å². The van der Waals surface area contributed by atoms with Gasteiger partial charge in [0.25, 0.3) is 0 Å². The third-order valence-corrected chi connectivity index (χ3v) is 2.44. The first-order valence-electron chi connectivity index (χ1n) is 5.92. The Kier molecular flexibility index (Phi) is 4.89. The van der Waals surface area contributed by atoms with Crippen LogP contribution in [0.2, 0.25) is 0 Å². The molecule has 0 unspecified atom stereocenters. The minimum absolute atomic E-state index is 0.0283. The Labute approximate surface area is 107 Å². The minimum Gasteiger partial charge on any atom is -0.491 e. The number of carboxylic acid groups (broad SMARTS) is 1. The van der Waals surface area contributed by atoms with Gasteiger partial charge in [-0.1, -0.05) is 0 Å². The fraction of sp³-hybridized carbons (Fsp3) is 0.429. The van der Waals surface area contributed by atoms with E-state index in [1.165, 1.54) is 0 Å². The highest BCUT2D eigenvalue weighted by atomic mass is 16.5. The Balaban J connectivity index is 2.78. The number of aliphatic carboxylic acids is 1. The monoisotopic (exact) mass is 250 g/mol. The van der Waals surface area contributed by atoms with E-state index in [9.17, 15) is 9.59 Å². The van der Waals surface area contributed by atoms with E-state index in [1.807, 2.05) is 20.8 Å². The smallest absolute Gasteiger partial charge is 0.303 e. The van der Waals surface area contributed by atoms with Crippen LogP contribution in [0.1, 0.15) is 42.6 Å². The normalized spacial score (nSPS) is 10.4. The van der Waals surface area contributed by atoms with Crippen LogP contribution in [0, 0.1) is 6.92 Å². The second-order valence-corrected chi connectivity index (χ2v) is 4.46. The third kappa shape index (κ3) is 4.20. The van der Waals surface area contributed by atoms with Crippen LogP contribution in [0.5, 0.6) is 5.75 Å². The number of ketones is 1. The van der Waals surface area contributed by atoms with Crippen LogP contribution in [0.3, 0.4) is 0 Å². The SMILES string of the molecule is Cc1cc(OC(C)C)ccc1C(=O)CCC(=O)O. The molecule has 0 aliphatic rings. The van der Waals surface area contributed by atoms with Gasteiger partial charge in [0, 0.05) is 12.0 Å². The quantitative estimate of drug-likeness (QED) is 0.788. The van der Waals surface area contributed by atoms with Gasteiger partial charge in [-0.3, -0.25) is 9.59 Å². The summed E-state index contributed by atoms with van der Waals surface area (Å²) in [5.74, 6) is -0.385. The molecule has 1 rings (SSSR count). The lowest BCUT2D eigenvalue weighted by Crippen LogP contribution is -2.08. The number of benzene rings is 1. The Hall–Kier alpha value is -1.84. The van der Waals surface area contributed by atoms with Gasteiger partial charge in [-0.15, -0.1) is 0 Å². The number of hydrogen-bond acceptors (Lipinski definition) is 3. The molecule has 0 saturated carbocycles. The summed E-state index contributed by atoms with van der Waals surface area (Å²) in [5, 5.41) is 8.55. The highest BCUT2D eigenvalue weighted by Crippen LogP contribution is 2.20. The van der Waals surface area contributed by atoms with Crippen LogP contribution in [-0.2, 0) is 4.79 Å². The fourth-order valence-electron chi connectivity index (χ4n) is 1.65. The molecule has 18 heavy (non-hydrogen) atoms. The average molecular weight is 250 g/mol. The summed E-state index contributed by atoms with van der Waals surface area (Å²) >= 11 is 0. The predicted molar refractivity (Wildman–Crippen MR) is 68.1 cm³/mol. The second kappa shape index (κ2) is 6.19. The van der Waals surface area contributed by atoms with Crippen molar-refractivity contribution in [1.29, 1.82) is 0 Å². The molecule has 1 N–H and O–H groups in total. The number of aryl methyl sites for hydroxylation is 1. The molecule has 0 spiro atoms. The molecule has 0 heterocycles. The number of rotatable bonds is 6. The molecule has 1 aromatic rings. The number of Topliss-reactive ketones (excluding diaryl/α,β-unsaturated/α-hetero) is 1. The number of carboxylic acids is 1. The zero-order chi connectivity index (χ0) is 13.7. The van der Waals surface area contributed by atoms with E-state index in [-0.39, 0.29) is 24.7 Å². The van der Waals surface area contributed by atoms with Crippen molar-refractivity contribution < 1.29 is 19.4 Å². The molecule has 1 aromatic carbocycles. The summed E-state index contributed by atoms with van der Waals surface area (Å²) in [7, 11) is 0. The lowest BCUT2D eigenvalue weighted by atomic mass is 10.0. The highest BCUT2D eigenvalue weighted by molar-refractivity contribution is 5.98. The Morgan fingerprint density at radius 2 is 1.94 bits per heavy atom. The van der Waals surface area contributed by atoms with E-state index in [1.54, 1.807) is 18.2 Å². The topological polar surface area (TPSA) is 63.6 Å². The number of carbonyl (C=O) groups is 2. The third-order valence-electron chi connectivity index (χ3n) is 2.44. The van der Waals surface area contributed by atoms with Crippen LogP contribution in [0.4, 0.5) is 0 Å². The van der Waals surface area contributed by atoms with Gasteiger partial charge in [-0.2, -0.15) is 0 Å².